The molecule has 2 N–H and O–H groups in total. The number of thioether (sulfide) groups is 1. The predicted molar refractivity (Wildman–Crippen MR) is 144 cm³/mol. The number of allylic oxidation sites excluding steroid dienone is 1. The molecule has 194 valence electrons. The van der Waals surface area contributed by atoms with Crippen LogP contribution in [-0.4, -0.2) is 37.3 Å². The van der Waals surface area contributed by atoms with Crippen molar-refractivity contribution in [3.63, 3.8) is 0 Å². The molecule has 2 aromatic carbocycles. The molecule has 3 rings (SSSR count). The molecule has 0 unspecified atom stereocenters. The summed E-state index contributed by atoms with van der Waals surface area (Å²) in [5.74, 6) is -4.42. The number of carbonyl (C=O) groups excluding carboxylic acids is 3. The summed E-state index contributed by atoms with van der Waals surface area (Å²) in [4.78, 5) is 38.2. The van der Waals surface area contributed by atoms with Crippen LogP contribution in [0, 0.1) is 17.2 Å². The number of hydrogen-bond donors (Lipinski definition) is 2. The third kappa shape index (κ3) is 6.64. The summed E-state index contributed by atoms with van der Waals surface area (Å²) in [6.45, 7) is 2.07. The Morgan fingerprint density at radius 1 is 1.14 bits per heavy atom. The molecule has 8 nitrogen and oxygen atoms in total. The van der Waals surface area contributed by atoms with Gasteiger partial charge in [-0.1, -0.05) is 58.2 Å². The minimum absolute atomic E-state index is 0.0358. The van der Waals surface area contributed by atoms with Crippen LogP contribution in [0.2, 0.25) is 20.1 Å². The number of ether oxygens (including phenoxy) is 2. The first-order valence-electron chi connectivity index (χ1n) is 10.6. The molecule has 2 amide bonds. The van der Waals surface area contributed by atoms with E-state index in [9.17, 15) is 19.6 Å². The molecule has 0 aromatic heterocycles. The zero-order valence-corrected chi connectivity index (χ0v) is 23.2. The maximum Gasteiger partial charge on any atom is 0.319 e. The number of esters is 1. The lowest BCUT2D eigenvalue weighted by atomic mass is 9.78. The first-order chi connectivity index (χ1) is 17.6. The molecule has 0 radical (unpaired) electrons. The third-order valence-electron chi connectivity index (χ3n) is 5.20. The minimum Gasteiger partial charge on any atom is -0.491 e. The molecule has 0 aliphatic carbocycles. The van der Waals surface area contributed by atoms with Crippen LogP contribution in [-0.2, 0) is 19.1 Å². The smallest absolute Gasteiger partial charge is 0.319 e. The maximum atomic E-state index is 13.0. The summed E-state index contributed by atoms with van der Waals surface area (Å²) in [6, 6.07) is 9.60. The third-order valence-corrected chi connectivity index (χ3v) is 7.33. The molecule has 1 heterocycles. The van der Waals surface area contributed by atoms with Crippen molar-refractivity contribution in [1.29, 1.82) is 5.26 Å². The molecular weight excluding hydrogens is 584 g/mol. The molecule has 0 saturated carbocycles. The van der Waals surface area contributed by atoms with Crippen LogP contribution in [0.5, 0.6) is 5.75 Å². The van der Waals surface area contributed by atoms with E-state index in [4.69, 9.17) is 55.9 Å². The molecule has 2 aromatic rings. The van der Waals surface area contributed by atoms with Gasteiger partial charge in [0.2, 0.25) is 11.8 Å². The molecule has 2 atom stereocenters. The highest BCUT2D eigenvalue weighted by molar-refractivity contribution is 8.03. The lowest BCUT2D eigenvalue weighted by molar-refractivity contribution is -0.150. The highest BCUT2D eigenvalue weighted by Gasteiger charge is 2.44. The minimum atomic E-state index is -1.39. The first kappa shape index (κ1) is 29.0. The number of carbonyl (C=O) groups is 3. The standard InChI is InChI=1S/C24H19Cl4N3O5S/c1-3-36-21-15(27)6-11(7-16(21)28)19-13(9-29)23(31-22(33)20(19)24(34)35-2)37-10-18(32)30-17-5-4-12(25)8-14(17)26/h4-8,19-20H,3,10H2,1-2H3,(H,30,32)(H,31,33)/t19-,20-/m0/s1. The Bertz CT molecular complexity index is 1300. The quantitative estimate of drug-likeness (QED) is 0.289. The molecule has 0 fully saturated rings. The average Bonchev–Trinajstić information content (AvgIpc) is 2.85. The van der Waals surface area contributed by atoms with Gasteiger partial charge >= 0.3 is 5.97 Å². The van der Waals surface area contributed by atoms with Crippen LogP contribution >= 0.6 is 58.2 Å². The lowest BCUT2D eigenvalue weighted by Gasteiger charge is -2.31. The zero-order chi connectivity index (χ0) is 27.3. The van der Waals surface area contributed by atoms with E-state index < -0.39 is 29.6 Å². The summed E-state index contributed by atoms with van der Waals surface area (Å²) in [7, 11) is 1.14. The topological polar surface area (TPSA) is 118 Å². The fourth-order valence-electron chi connectivity index (χ4n) is 3.64. The largest absolute Gasteiger partial charge is 0.491 e. The summed E-state index contributed by atoms with van der Waals surface area (Å²) < 4.78 is 10.3. The number of nitrogens with one attached hydrogen (secondary N) is 2. The number of halogens is 4. The Balaban J connectivity index is 1.97. The van der Waals surface area contributed by atoms with Crippen molar-refractivity contribution in [2.45, 2.75) is 12.8 Å². The van der Waals surface area contributed by atoms with E-state index in [-0.39, 0.29) is 37.2 Å². The highest BCUT2D eigenvalue weighted by atomic mass is 35.5. The van der Waals surface area contributed by atoms with Gasteiger partial charge in [-0.2, -0.15) is 5.26 Å². The van der Waals surface area contributed by atoms with Gasteiger partial charge in [-0.05, 0) is 42.8 Å². The van der Waals surface area contributed by atoms with Gasteiger partial charge < -0.3 is 20.1 Å². The van der Waals surface area contributed by atoms with E-state index >= 15 is 0 Å². The molecule has 0 bridgehead atoms. The number of rotatable bonds is 8. The second-order valence-corrected chi connectivity index (χ2v) is 10.2. The number of nitrogens with zero attached hydrogens (tertiary/aromatic N) is 1. The number of benzene rings is 2. The fourth-order valence-corrected chi connectivity index (χ4v) is 5.55. The Morgan fingerprint density at radius 3 is 2.38 bits per heavy atom. The number of amides is 2. The normalized spacial score (nSPS) is 17.1. The van der Waals surface area contributed by atoms with Crippen LogP contribution in [0.1, 0.15) is 18.4 Å². The monoisotopic (exact) mass is 601 g/mol. The average molecular weight is 603 g/mol. The second-order valence-electron chi connectivity index (χ2n) is 7.53. The first-order valence-corrected chi connectivity index (χ1v) is 13.1. The van der Waals surface area contributed by atoms with Crippen molar-refractivity contribution in [2.24, 2.45) is 5.92 Å². The number of methoxy groups -OCH3 is 1. The van der Waals surface area contributed by atoms with E-state index in [0.29, 0.717) is 22.9 Å². The fraction of sp³-hybridized carbons (Fsp3) is 0.250. The van der Waals surface area contributed by atoms with E-state index in [0.717, 1.165) is 18.9 Å². The van der Waals surface area contributed by atoms with E-state index in [1.165, 1.54) is 18.2 Å². The Kier molecular flexibility index (Phi) is 9.99. The van der Waals surface area contributed by atoms with Crippen molar-refractivity contribution < 1.29 is 23.9 Å². The summed E-state index contributed by atoms with van der Waals surface area (Å²) in [5, 5.41) is 16.3. The van der Waals surface area contributed by atoms with Gasteiger partial charge in [-0.3, -0.25) is 14.4 Å². The summed E-state index contributed by atoms with van der Waals surface area (Å²) in [5.41, 5.74) is 0.713. The van der Waals surface area contributed by atoms with Crippen LogP contribution in [0.15, 0.2) is 40.9 Å². The molecule has 1 aliphatic heterocycles. The molecule has 0 saturated heterocycles. The van der Waals surface area contributed by atoms with Crippen molar-refractivity contribution in [2.75, 3.05) is 24.8 Å². The summed E-state index contributed by atoms with van der Waals surface area (Å²) in [6.07, 6.45) is 0. The number of anilines is 1. The lowest BCUT2D eigenvalue weighted by Crippen LogP contribution is -2.44. The maximum absolute atomic E-state index is 13.0. The van der Waals surface area contributed by atoms with E-state index in [2.05, 4.69) is 16.7 Å². The number of nitriles is 1. The SMILES string of the molecule is CCOc1c(Cl)cc([C@H]2C(C#N)=C(SCC(=O)Nc3ccc(Cl)cc3Cl)NC(=O)[C@H]2C(=O)OC)cc1Cl. The molecular formula is C24H19Cl4N3O5S. The predicted octanol–water partition coefficient (Wildman–Crippen LogP) is 5.81. The Morgan fingerprint density at radius 2 is 1.81 bits per heavy atom. The number of hydrogen-bond acceptors (Lipinski definition) is 7. The van der Waals surface area contributed by atoms with Crippen LogP contribution < -0.4 is 15.4 Å². The second kappa shape index (κ2) is 12.8. The van der Waals surface area contributed by atoms with Crippen molar-refractivity contribution in [3.05, 3.63) is 66.6 Å². The molecule has 37 heavy (non-hydrogen) atoms. The van der Waals surface area contributed by atoms with Crippen LogP contribution in [0.25, 0.3) is 0 Å². The van der Waals surface area contributed by atoms with Crippen molar-refractivity contribution in [1.82, 2.24) is 5.32 Å². The molecule has 0 spiro atoms. The van der Waals surface area contributed by atoms with Crippen LogP contribution in [0.3, 0.4) is 0 Å². The Labute approximate surface area is 237 Å². The van der Waals surface area contributed by atoms with Gasteiger partial charge in [0.15, 0.2) is 5.75 Å². The molecule has 1 aliphatic rings. The van der Waals surface area contributed by atoms with Gasteiger partial charge in [0.25, 0.3) is 0 Å². The Hall–Kier alpha value is -2.61. The van der Waals surface area contributed by atoms with Crippen LogP contribution in [0.4, 0.5) is 5.69 Å². The zero-order valence-electron chi connectivity index (χ0n) is 19.4. The summed E-state index contributed by atoms with van der Waals surface area (Å²) >= 11 is 25.6. The van der Waals surface area contributed by atoms with E-state index in [1.54, 1.807) is 19.1 Å². The van der Waals surface area contributed by atoms with Gasteiger partial charge in [0.1, 0.15) is 5.92 Å². The van der Waals surface area contributed by atoms with Crippen molar-refractivity contribution >= 4 is 81.6 Å². The van der Waals surface area contributed by atoms with Gasteiger partial charge in [-0.25, -0.2) is 0 Å². The van der Waals surface area contributed by atoms with Gasteiger partial charge in [-0.15, -0.1) is 0 Å². The molecule has 13 heteroatoms. The van der Waals surface area contributed by atoms with E-state index in [1.807, 2.05) is 0 Å². The van der Waals surface area contributed by atoms with Crippen molar-refractivity contribution in [3.8, 4) is 11.8 Å². The highest BCUT2D eigenvalue weighted by Crippen LogP contribution is 2.44. The van der Waals surface area contributed by atoms with Gasteiger partial charge in [0, 0.05) is 10.9 Å². The van der Waals surface area contributed by atoms with Gasteiger partial charge in [0.05, 0.1) is 56.9 Å².